The van der Waals surface area contributed by atoms with Crippen LogP contribution in [-0.2, 0) is 17.6 Å². The van der Waals surface area contributed by atoms with E-state index in [2.05, 4.69) is 35.9 Å². The predicted octanol–water partition coefficient (Wildman–Crippen LogP) is 3.80. The molecule has 2 rings (SSSR count). The van der Waals surface area contributed by atoms with E-state index in [4.69, 9.17) is 0 Å². The zero-order chi connectivity index (χ0) is 12.1. The number of aryl methyl sites for hydroxylation is 2. The average Bonchev–Trinajstić information content (AvgIpc) is 2.83. The zero-order valence-corrected chi connectivity index (χ0v) is 10.8. The molecule has 0 N–H and O–H groups in total. The summed E-state index contributed by atoms with van der Waals surface area (Å²) in [5.41, 5.74) is 3.62. The number of thiophene rings is 1. The van der Waals surface area contributed by atoms with Gasteiger partial charge in [-0.1, -0.05) is 29.8 Å². The van der Waals surface area contributed by atoms with Gasteiger partial charge in [0.2, 0.25) is 0 Å². The van der Waals surface area contributed by atoms with Crippen LogP contribution in [0.2, 0.25) is 0 Å². The normalized spacial score (nSPS) is 10.4. The van der Waals surface area contributed by atoms with Crippen LogP contribution >= 0.6 is 11.3 Å². The summed E-state index contributed by atoms with van der Waals surface area (Å²) in [6.45, 7) is 2.06. The molecule has 2 aromatic rings. The smallest absolute Gasteiger partial charge is 0.137 e. The maximum Gasteiger partial charge on any atom is 0.137 e. The maximum atomic E-state index is 11.8. The van der Waals surface area contributed by atoms with Crippen molar-refractivity contribution in [2.45, 2.75) is 26.2 Å². The van der Waals surface area contributed by atoms with Crippen LogP contribution in [0.1, 0.15) is 23.1 Å². The van der Waals surface area contributed by atoms with Gasteiger partial charge in [0.25, 0.3) is 0 Å². The second-order valence-corrected chi connectivity index (χ2v) is 5.11. The molecular formula is C15H16OS. The van der Waals surface area contributed by atoms with Crippen molar-refractivity contribution in [3.63, 3.8) is 0 Å². The highest BCUT2D eigenvalue weighted by Crippen LogP contribution is 2.10. The monoisotopic (exact) mass is 244 g/mol. The first kappa shape index (κ1) is 12.1. The van der Waals surface area contributed by atoms with E-state index in [9.17, 15) is 4.79 Å². The van der Waals surface area contributed by atoms with Crippen LogP contribution in [0, 0.1) is 6.92 Å². The van der Waals surface area contributed by atoms with Crippen molar-refractivity contribution >= 4 is 17.1 Å². The van der Waals surface area contributed by atoms with Gasteiger partial charge in [0.1, 0.15) is 5.78 Å². The molecule has 0 atom stereocenters. The van der Waals surface area contributed by atoms with Gasteiger partial charge in [0.05, 0.1) is 0 Å². The lowest BCUT2D eigenvalue weighted by Crippen LogP contribution is -2.03. The van der Waals surface area contributed by atoms with Crippen molar-refractivity contribution in [3.8, 4) is 0 Å². The predicted molar refractivity (Wildman–Crippen MR) is 72.5 cm³/mol. The van der Waals surface area contributed by atoms with Crippen molar-refractivity contribution < 1.29 is 4.79 Å². The van der Waals surface area contributed by atoms with Gasteiger partial charge in [-0.05, 0) is 41.3 Å². The van der Waals surface area contributed by atoms with Crippen LogP contribution in [0.25, 0.3) is 0 Å². The Hall–Kier alpha value is -1.41. The number of benzene rings is 1. The van der Waals surface area contributed by atoms with Crippen LogP contribution in [0.3, 0.4) is 0 Å². The zero-order valence-electron chi connectivity index (χ0n) is 9.98. The first-order valence-electron chi connectivity index (χ1n) is 5.82. The highest BCUT2D eigenvalue weighted by molar-refractivity contribution is 7.07. The highest BCUT2D eigenvalue weighted by Gasteiger charge is 2.04. The molecule has 88 valence electrons. The molecule has 1 heterocycles. The molecule has 0 unspecified atom stereocenters. The molecule has 2 heteroatoms. The molecule has 0 aliphatic heterocycles. The Balaban J connectivity index is 1.83. The van der Waals surface area contributed by atoms with Gasteiger partial charge in [0.15, 0.2) is 0 Å². The molecule has 0 fully saturated rings. The fourth-order valence-electron chi connectivity index (χ4n) is 1.74. The van der Waals surface area contributed by atoms with E-state index in [0.29, 0.717) is 18.6 Å². The Bertz CT molecular complexity index is 468. The standard InChI is InChI=1S/C15H16OS/c1-12-2-4-13(5-3-12)10-15(16)7-6-14-8-9-17-11-14/h2-5,8-9,11H,6-7,10H2,1H3. The van der Waals surface area contributed by atoms with Crippen LogP contribution in [-0.4, -0.2) is 5.78 Å². The van der Waals surface area contributed by atoms with E-state index in [1.165, 1.54) is 11.1 Å². The molecule has 17 heavy (non-hydrogen) atoms. The lowest BCUT2D eigenvalue weighted by Gasteiger charge is -2.01. The molecule has 0 aliphatic rings. The van der Waals surface area contributed by atoms with E-state index in [1.807, 2.05) is 12.1 Å². The van der Waals surface area contributed by atoms with E-state index in [1.54, 1.807) is 11.3 Å². The largest absolute Gasteiger partial charge is 0.299 e. The third-order valence-electron chi connectivity index (χ3n) is 2.79. The minimum absolute atomic E-state index is 0.319. The van der Waals surface area contributed by atoms with Crippen molar-refractivity contribution in [1.29, 1.82) is 0 Å². The Morgan fingerprint density at radius 2 is 1.88 bits per heavy atom. The summed E-state index contributed by atoms with van der Waals surface area (Å²) in [5, 5.41) is 4.17. The Labute approximate surface area is 106 Å². The SMILES string of the molecule is Cc1ccc(CC(=O)CCc2ccsc2)cc1. The van der Waals surface area contributed by atoms with E-state index >= 15 is 0 Å². The summed E-state index contributed by atoms with van der Waals surface area (Å²) in [6.07, 6.45) is 2.07. The summed E-state index contributed by atoms with van der Waals surface area (Å²) < 4.78 is 0. The van der Waals surface area contributed by atoms with Gasteiger partial charge < -0.3 is 0 Å². The fourth-order valence-corrected chi connectivity index (χ4v) is 2.44. The van der Waals surface area contributed by atoms with Gasteiger partial charge in [-0.15, -0.1) is 0 Å². The number of ketones is 1. The lowest BCUT2D eigenvalue weighted by atomic mass is 10.0. The molecule has 1 nitrogen and oxygen atoms in total. The summed E-state index contributed by atoms with van der Waals surface area (Å²) in [6, 6.07) is 10.3. The lowest BCUT2D eigenvalue weighted by molar-refractivity contribution is -0.118. The van der Waals surface area contributed by atoms with Crippen LogP contribution in [0.5, 0.6) is 0 Å². The quantitative estimate of drug-likeness (QED) is 0.782. The number of hydrogen-bond acceptors (Lipinski definition) is 2. The highest BCUT2D eigenvalue weighted by atomic mass is 32.1. The third-order valence-corrected chi connectivity index (χ3v) is 3.53. The summed E-state index contributed by atoms with van der Waals surface area (Å²) >= 11 is 1.69. The van der Waals surface area contributed by atoms with E-state index in [0.717, 1.165) is 12.0 Å². The molecule has 0 aliphatic carbocycles. The number of Topliss-reactive ketones (excluding diaryl/α,β-unsaturated/α-hetero) is 1. The first-order valence-corrected chi connectivity index (χ1v) is 6.76. The second kappa shape index (κ2) is 5.78. The molecular weight excluding hydrogens is 228 g/mol. The van der Waals surface area contributed by atoms with Gasteiger partial charge in [-0.25, -0.2) is 0 Å². The molecule has 0 saturated heterocycles. The van der Waals surface area contributed by atoms with Crippen molar-refractivity contribution in [2.75, 3.05) is 0 Å². The molecule has 0 spiro atoms. The fraction of sp³-hybridized carbons (Fsp3) is 0.267. The minimum atomic E-state index is 0.319. The van der Waals surface area contributed by atoms with Crippen LogP contribution in [0.15, 0.2) is 41.1 Å². The number of carbonyl (C=O) groups excluding carboxylic acids is 1. The van der Waals surface area contributed by atoms with Crippen molar-refractivity contribution in [2.24, 2.45) is 0 Å². The number of rotatable bonds is 5. The molecule has 0 saturated carbocycles. The van der Waals surface area contributed by atoms with E-state index < -0.39 is 0 Å². The van der Waals surface area contributed by atoms with Crippen LogP contribution < -0.4 is 0 Å². The van der Waals surface area contributed by atoms with Gasteiger partial charge >= 0.3 is 0 Å². The minimum Gasteiger partial charge on any atom is -0.299 e. The Morgan fingerprint density at radius 1 is 1.12 bits per heavy atom. The van der Waals surface area contributed by atoms with Gasteiger partial charge in [-0.2, -0.15) is 11.3 Å². The Kier molecular flexibility index (Phi) is 4.10. The van der Waals surface area contributed by atoms with Crippen LogP contribution in [0.4, 0.5) is 0 Å². The number of hydrogen-bond donors (Lipinski definition) is 0. The topological polar surface area (TPSA) is 17.1 Å². The third kappa shape index (κ3) is 3.82. The Morgan fingerprint density at radius 3 is 2.53 bits per heavy atom. The summed E-state index contributed by atoms with van der Waals surface area (Å²) in [5.74, 6) is 0.319. The van der Waals surface area contributed by atoms with E-state index in [-0.39, 0.29) is 0 Å². The first-order chi connectivity index (χ1) is 8.24. The van der Waals surface area contributed by atoms with Crippen molar-refractivity contribution in [3.05, 3.63) is 57.8 Å². The summed E-state index contributed by atoms with van der Waals surface area (Å²) in [7, 11) is 0. The molecule has 0 amide bonds. The molecule has 0 radical (unpaired) electrons. The molecule has 1 aromatic heterocycles. The second-order valence-electron chi connectivity index (χ2n) is 4.33. The number of carbonyl (C=O) groups is 1. The molecule has 0 bridgehead atoms. The van der Waals surface area contributed by atoms with Crippen molar-refractivity contribution in [1.82, 2.24) is 0 Å². The average molecular weight is 244 g/mol. The van der Waals surface area contributed by atoms with Gasteiger partial charge in [0, 0.05) is 12.8 Å². The molecule has 1 aromatic carbocycles. The van der Waals surface area contributed by atoms with Gasteiger partial charge in [-0.3, -0.25) is 4.79 Å². The summed E-state index contributed by atoms with van der Waals surface area (Å²) in [4.78, 5) is 11.8. The maximum absolute atomic E-state index is 11.8.